The minimum Gasteiger partial charge on any atom is -0.310 e. The Hall–Kier alpha value is -6.64. The van der Waals surface area contributed by atoms with Gasteiger partial charge in [-0.1, -0.05) is 135 Å². The summed E-state index contributed by atoms with van der Waals surface area (Å²) < 4.78 is 2.39. The highest BCUT2D eigenvalue weighted by Gasteiger charge is 2.36. The molecule has 9 aromatic rings. The summed E-state index contributed by atoms with van der Waals surface area (Å²) in [4.78, 5) is 2.38. The van der Waals surface area contributed by atoms with Gasteiger partial charge in [0, 0.05) is 38.9 Å². The lowest BCUT2D eigenvalue weighted by Gasteiger charge is -2.28. The molecule has 0 radical (unpaired) electrons. The van der Waals surface area contributed by atoms with Crippen LogP contribution in [0.3, 0.4) is 0 Å². The topological polar surface area (TPSA) is 8.17 Å². The predicted molar refractivity (Wildman–Crippen MR) is 229 cm³/mol. The summed E-state index contributed by atoms with van der Waals surface area (Å²) in [6, 6.07) is 68.9. The van der Waals surface area contributed by atoms with Crippen molar-refractivity contribution in [3.05, 3.63) is 205 Å². The molecule has 0 unspecified atom stereocenters. The van der Waals surface area contributed by atoms with Crippen molar-refractivity contribution < 1.29 is 0 Å². The third-order valence-corrected chi connectivity index (χ3v) is 11.5. The maximum absolute atomic E-state index is 2.44. The molecule has 8 aromatic carbocycles. The molecule has 0 fully saturated rings. The van der Waals surface area contributed by atoms with Crippen molar-refractivity contribution in [3.8, 4) is 39.1 Å². The van der Waals surface area contributed by atoms with Crippen LogP contribution in [0.5, 0.6) is 0 Å². The molecule has 54 heavy (non-hydrogen) atoms. The minimum atomic E-state index is -0.179. The lowest BCUT2D eigenvalue weighted by molar-refractivity contribution is 0.660. The van der Waals surface area contributed by atoms with Crippen LogP contribution in [0, 0.1) is 6.92 Å². The van der Waals surface area contributed by atoms with Crippen LogP contribution in [-0.4, -0.2) is 4.57 Å². The fourth-order valence-corrected chi connectivity index (χ4v) is 8.63. The number of para-hydroxylation sites is 2. The Morgan fingerprint density at radius 2 is 0.944 bits per heavy atom. The summed E-state index contributed by atoms with van der Waals surface area (Å²) in [7, 11) is 0. The van der Waals surface area contributed by atoms with Gasteiger partial charge in [0.25, 0.3) is 0 Å². The number of rotatable bonds is 6. The van der Waals surface area contributed by atoms with Crippen LogP contribution >= 0.6 is 0 Å². The second-order valence-electron chi connectivity index (χ2n) is 15.1. The third kappa shape index (κ3) is 5.17. The smallest absolute Gasteiger partial charge is 0.0541 e. The lowest BCUT2D eigenvalue weighted by Crippen LogP contribution is -2.16. The van der Waals surface area contributed by atoms with E-state index in [1.165, 1.54) is 77.6 Å². The van der Waals surface area contributed by atoms with Crippen LogP contribution < -0.4 is 4.90 Å². The molecule has 1 aromatic heterocycles. The van der Waals surface area contributed by atoms with Crippen molar-refractivity contribution in [1.82, 2.24) is 4.57 Å². The number of benzene rings is 8. The summed E-state index contributed by atoms with van der Waals surface area (Å²) in [5.41, 5.74) is 18.4. The van der Waals surface area contributed by atoms with Crippen LogP contribution in [0.25, 0.3) is 60.9 Å². The second-order valence-corrected chi connectivity index (χ2v) is 15.1. The van der Waals surface area contributed by atoms with Gasteiger partial charge < -0.3 is 9.47 Å². The Bertz CT molecular complexity index is 2830. The van der Waals surface area contributed by atoms with E-state index >= 15 is 0 Å². The normalized spacial score (nSPS) is 12.9. The van der Waals surface area contributed by atoms with E-state index in [1.807, 2.05) is 0 Å². The van der Waals surface area contributed by atoms with Crippen LogP contribution in [0.1, 0.15) is 30.5 Å². The van der Waals surface area contributed by atoms with E-state index in [-0.39, 0.29) is 5.41 Å². The molecule has 0 N–H and O–H groups in total. The van der Waals surface area contributed by atoms with Crippen molar-refractivity contribution in [2.75, 3.05) is 4.90 Å². The van der Waals surface area contributed by atoms with Gasteiger partial charge in [-0.05, 0) is 124 Å². The van der Waals surface area contributed by atoms with Crippen molar-refractivity contribution in [3.63, 3.8) is 0 Å². The first-order valence-corrected chi connectivity index (χ1v) is 18.8. The molecule has 10 rings (SSSR count). The van der Waals surface area contributed by atoms with E-state index in [2.05, 4.69) is 218 Å². The first-order valence-electron chi connectivity index (χ1n) is 18.8. The van der Waals surface area contributed by atoms with Crippen LogP contribution in [0.4, 0.5) is 17.1 Å². The molecule has 2 heteroatoms. The molecule has 1 aliphatic carbocycles. The predicted octanol–water partition coefficient (Wildman–Crippen LogP) is 14.2. The van der Waals surface area contributed by atoms with Gasteiger partial charge in [-0.3, -0.25) is 0 Å². The number of hydrogen-bond donors (Lipinski definition) is 0. The lowest BCUT2D eigenvalue weighted by atomic mass is 9.81. The first kappa shape index (κ1) is 32.0. The fourth-order valence-electron chi connectivity index (χ4n) is 8.63. The Balaban J connectivity index is 1.04. The zero-order chi connectivity index (χ0) is 36.4. The number of fused-ring (bicyclic) bond motifs is 6. The number of aromatic nitrogens is 1. The molecule has 0 atom stereocenters. The van der Waals surface area contributed by atoms with Crippen LogP contribution in [-0.2, 0) is 5.41 Å². The maximum Gasteiger partial charge on any atom is 0.0541 e. The number of nitrogens with zero attached hydrogens (tertiary/aromatic N) is 2. The highest BCUT2D eigenvalue weighted by atomic mass is 15.1. The number of hydrogen-bond acceptors (Lipinski definition) is 1. The van der Waals surface area contributed by atoms with Crippen molar-refractivity contribution in [2.24, 2.45) is 0 Å². The van der Waals surface area contributed by atoms with Crippen LogP contribution in [0.15, 0.2) is 188 Å². The average molecular weight is 693 g/mol. The summed E-state index contributed by atoms with van der Waals surface area (Å²) in [5.74, 6) is 0. The van der Waals surface area contributed by atoms with E-state index in [1.54, 1.807) is 0 Å². The van der Waals surface area contributed by atoms with Gasteiger partial charge in [-0.15, -0.1) is 0 Å². The Labute approximate surface area is 317 Å². The summed E-state index contributed by atoms with van der Waals surface area (Å²) >= 11 is 0. The maximum atomic E-state index is 2.44. The van der Waals surface area contributed by atoms with Crippen molar-refractivity contribution >= 4 is 38.9 Å². The largest absolute Gasteiger partial charge is 0.310 e. The monoisotopic (exact) mass is 692 g/mol. The molecule has 0 aliphatic heterocycles. The second kappa shape index (κ2) is 12.5. The Morgan fingerprint density at radius 3 is 1.70 bits per heavy atom. The Morgan fingerprint density at radius 1 is 0.407 bits per heavy atom. The van der Waals surface area contributed by atoms with E-state index in [4.69, 9.17) is 0 Å². The SMILES string of the molecule is Cc1ccc(-n2c3ccccc3c3cc(-c4ccc5c(c4)C(C)(C)c4cc(N(c6ccccc6)c6ccc(-c7ccccc7)cc6)ccc4-5)ccc32)cc1. The van der Waals surface area contributed by atoms with Gasteiger partial charge >= 0.3 is 0 Å². The van der Waals surface area contributed by atoms with E-state index in [9.17, 15) is 0 Å². The molecule has 0 saturated heterocycles. The zero-order valence-corrected chi connectivity index (χ0v) is 30.8. The standard InChI is InChI=1S/C52H40N2/c1-35-18-24-42(25-19-35)54-50-17-11-10-16-46(50)47-32-38(23-31-51(47)54)39-22-29-44-45-30-28-43(34-49(45)52(2,3)48(44)33-39)53(40-14-8-5-9-15-40)41-26-20-37(21-27-41)36-12-6-4-7-13-36/h4-34H,1-3H3. The van der Waals surface area contributed by atoms with Gasteiger partial charge in [-0.2, -0.15) is 0 Å². The van der Waals surface area contributed by atoms with E-state index < -0.39 is 0 Å². The fraction of sp³-hybridized carbons (Fsp3) is 0.0769. The van der Waals surface area contributed by atoms with Crippen LogP contribution in [0.2, 0.25) is 0 Å². The van der Waals surface area contributed by atoms with Gasteiger partial charge in [0.15, 0.2) is 0 Å². The highest BCUT2D eigenvalue weighted by molar-refractivity contribution is 6.10. The molecule has 1 aliphatic rings. The van der Waals surface area contributed by atoms with Crippen molar-refractivity contribution in [1.29, 1.82) is 0 Å². The molecule has 0 saturated carbocycles. The van der Waals surface area contributed by atoms with Crippen molar-refractivity contribution in [2.45, 2.75) is 26.2 Å². The molecular formula is C52H40N2. The summed E-state index contributed by atoms with van der Waals surface area (Å²) in [5, 5.41) is 2.54. The molecule has 1 heterocycles. The van der Waals surface area contributed by atoms with Gasteiger partial charge in [0.05, 0.1) is 11.0 Å². The summed E-state index contributed by atoms with van der Waals surface area (Å²) in [6.45, 7) is 6.90. The Kier molecular flexibility index (Phi) is 7.42. The first-order chi connectivity index (χ1) is 26.4. The number of aryl methyl sites for hydroxylation is 1. The summed E-state index contributed by atoms with van der Waals surface area (Å²) in [6.07, 6.45) is 0. The number of anilines is 3. The quantitative estimate of drug-likeness (QED) is 0.168. The molecule has 2 nitrogen and oxygen atoms in total. The highest BCUT2D eigenvalue weighted by Crippen LogP contribution is 2.52. The molecular weight excluding hydrogens is 653 g/mol. The average Bonchev–Trinajstić information content (AvgIpc) is 3.67. The third-order valence-electron chi connectivity index (χ3n) is 11.5. The molecule has 0 spiro atoms. The zero-order valence-electron chi connectivity index (χ0n) is 30.8. The van der Waals surface area contributed by atoms with E-state index in [0.717, 1.165) is 17.1 Å². The van der Waals surface area contributed by atoms with Gasteiger partial charge in [-0.25, -0.2) is 0 Å². The molecule has 258 valence electrons. The van der Waals surface area contributed by atoms with Gasteiger partial charge in [0.2, 0.25) is 0 Å². The minimum absolute atomic E-state index is 0.179. The molecule has 0 amide bonds. The van der Waals surface area contributed by atoms with E-state index in [0.29, 0.717) is 0 Å². The molecule has 0 bridgehead atoms. The van der Waals surface area contributed by atoms with Gasteiger partial charge in [0.1, 0.15) is 0 Å².